The maximum absolute atomic E-state index is 12.5. The molecule has 1 aliphatic heterocycles. The van der Waals surface area contributed by atoms with Crippen LogP contribution < -0.4 is 5.32 Å². The Morgan fingerprint density at radius 3 is 2.52 bits per heavy atom. The van der Waals surface area contributed by atoms with Gasteiger partial charge >= 0.3 is 5.97 Å². The fourth-order valence-corrected chi connectivity index (χ4v) is 3.76. The lowest BCUT2D eigenvalue weighted by molar-refractivity contribution is -0.159. The predicted octanol–water partition coefficient (Wildman–Crippen LogP) is 1.78. The summed E-state index contributed by atoms with van der Waals surface area (Å²) < 4.78 is 4.98. The quantitative estimate of drug-likeness (QED) is 0.464. The zero-order valence-electron chi connectivity index (χ0n) is 14.8. The lowest BCUT2D eigenvalue weighted by Crippen LogP contribution is -2.45. The lowest BCUT2D eigenvalue weighted by Gasteiger charge is -2.21. The van der Waals surface area contributed by atoms with Gasteiger partial charge in [-0.3, -0.25) is 19.3 Å². The zero-order valence-corrected chi connectivity index (χ0v) is 15.6. The average Bonchev–Trinajstić information content (AvgIpc) is 2.92. The Kier molecular flexibility index (Phi) is 5.74. The van der Waals surface area contributed by atoms with Crippen LogP contribution in [0.1, 0.15) is 32.6 Å². The minimum atomic E-state index is -1.06. The molecule has 9 heteroatoms. The molecule has 1 aromatic heterocycles. The molecule has 0 spiro atoms. The van der Waals surface area contributed by atoms with Gasteiger partial charge in [0.2, 0.25) is 11.8 Å². The van der Waals surface area contributed by atoms with Gasteiger partial charge < -0.3 is 10.1 Å². The molecular formula is C18H20ClN3O5. The number of fused-ring (bicyclic) bond motifs is 1. The van der Waals surface area contributed by atoms with E-state index in [-0.39, 0.29) is 28.8 Å². The molecule has 3 amide bonds. The van der Waals surface area contributed by atoms with Crippen molar-refractivity contribution >= 4 is 41.0 Å². The van der Waals surface area contributed by atoms with E-state index in [1.54, 1.807) is 12.1 Å². The number of aromatic nitrogens is 1. The smallest absolute Gasteiger partial charge is 0.329 e. The molecule has 3 atom stereocenters. The van der Waals surface area contributed by atoms with Gasteiger partial charge in [0.25, 0.3) is 5.91 Å². The number of rotatable bonds is 5. The molecule has 27 heavy (non-hydrogen) atoms. The van der Waals surface area contributed by atoms with Crippen molar-refractivity contribution in [3.05, 3.63) is 23.5 Å². The molecule has 1 saturated heterocycles. The molecule has 0 bridgehead atoms. The van der Waals surface area contributed by atoms with Crippen LogP contribution in [0.25, 0.3) is 0 Å². The maximum Gasteiger partial charge on any atom is 0.329 e. The summed E-state index contributed by atoms with van der Waals surface area (Å²) in [5, 5.41) is 2.59. The average molecular weight is 394 g/mol. The largest absolute Gasteiger partial charge is 0.454 e. The first-order valence-corrected chi connectivity index (χ1v) is 9.22. The van der Waals surface area contributed by atoms with Gasteiger partial charge in [-0.25, -0.2) is 9.78 Å². The van der Waals surface area contributed by atoms with Gasteiger partial charge in [-0.2, -0.15) is 0 Å². The molecule has 1 aliphatic carbocycles. The fourth-order valence-electron chi connectivity index (χ4n) is 3.60. The third-order valence-electron chi connectivity index (χ3n) is 4.98. The third-order valence-corrected chi connectivity index (χ3v) is 5.28. The van der Waals surface area contributed by atoms with Gasteiger partial charge in [-0.05, 0) is 31.9 Å². The number of hydrogen-bond acceptors (Lipinski definition) is 6. The van der Waals surface area contributed by atoms with Crippen molar-refractivity contribution in [2.24, 2.45) is 11.8 Å². The van der Waals surface area contributed by atoms with E-state index in [1.807, 2.05) is 0 Å². The molecule has 0 aromatic carbocycles. The molecule has 8 nitrogen and oxygen atoms in total. The Bertz CT molecular complexity index is 760. The molecule has 2 aliphatic rings. The predicted molar refractivity (Wildman–Crippen MR) is 95.6 cm³/mol. The number of amides is 3. The highest BCUT2D eigenvalue weighted by Gasteiger charge is 2.51. The van der Waals surface area contributed by atoms with Crippen molar-refractivity contribution in [1.82, 2.24) is 9.88 Å². The van der Waals surface area contributed by atoms with Gasteiger partial charge in [0.15, 0.2) is 11.8 Å². The Morgan fingerprint density at radius 1 is 1.30 bits per heavy atom. The second-order valence-electron chi connectivity index (χ2n) is 6.72. The molecule has 1 aromatic rings. The highest BCUT2D eigenvalue weighted by molar-refractivity contribution is 6.32. The minimum absolute atomic E-state index is 0.112. The Balaban J connectivity index is 1.56. The van der Waals surface area contributed by atoms with E-state index in [1.165, 1.54) is 13.1 Å². The van der Waals surface area contributed by atoms with Gasteiger partial charge in [-0.15, -0.1) is 0 Å². The summed E-state index contributed by atoms with van der Waals surface area (Å²) in [6.07, 6.45) is 4.62. The number of esters is 1. The lowest BCUT2D eigenvalue weighted by atomic mass is 9.81. The standard InChI is InChI=1S/C18H20ClN3O5/c1-10(22-16(24)11-5-2-3-6-12(11)17(22)25)18(26)27-9-14(23)21-13-7-4-8-20-15(13)19/h4,7-8,10-12H,2-3,5-6,9H2,1H3,(H,21,23)/t10-,11-,12-/m0/s1. The van der Waals surface area contributed by atoms with E-state index < -0.39 is 24.5 Å². The number of likely N-dealkylation sites (tertiary alicyclic amines) is 1. The zero-order chi connectivity index (χ0) is 19.6. The first-order valence-electron chi connectivity index (χ1n) is 8.84. The van der Waals surface area contributed by atoms with E-state index in [9.17, 15) is 19.2 Å². The first kappa shape index (κ1) is 19.3. The number of nitrogens with zero attached hydrogens (tertiary/aromatic N) is 2. The number of nitrogens with one attached hydrogen (secondary N) is 1. The van der Waals surface area contributed by atoms with Gasteiger partial charge in [-0.1, -0.05) is 24.4 Å². The molecule has 2 heterocycles. The van der Waals surface area contributed by atoms with Crippen molar-refractivity contribution in [3.8, 4) is 0 Å². The van der Waals surface area contributed by atoms with Gasteiger partial charge in [0, 0.05) is 6.20 Å². The van der Waals surface area contributed by atoms with E-state index in [2.05, 4.69) is 10.3 Å². The molecule has 0 unspecified atom stereocenters. The van der Waals surface area contributed by atoms with E-state index >= 15 is 0 Å². The second-order valence-corrected chi connectivity index (χ2v) is 7.08. The van der Waals surface area contributed by atoms with Gasteiger partial charge in [0.05, 0.1) is 17.5 Å². The molecule has 144 valence electrons. The topological polar surface area (TPSA) is 106 Å². The highest BCUT2D eigenvalue weighted by Crippen LogP contribution is 2.38. The van der Waals surface area contributed by atoms with E-state index in [4.69, 9.17) is 16.3 Å². The fraction of sp³-hybridized carbons (Fsp3) is 0.500. The molecular weight excluding hydrogens is 374 g/mol. The summed E-state index contributed by atoms with van der Waals surface area (Å²) in [7, 11) is 0. The number of ether oxygens (including phenoxy) is 1. The Hall–Kier alpha value is -2.48. The minimum Gasteiger partial charge on any atom is -0.454 e. The SMILES string of the molecule is C[C@@H](C(=O)OCC(=O)Nc1cccnc1Cl)N1C(=O)[C@H]2CCCC[C@@H]2C1=O. The number of carbonyl (C=O) groups excluding carboxylic acids is 4. The summed E-state index contributed by atoms with van der Waals surface area (Å²) in [6, 6.07) is 2.09. The number of hydrogen-bond donors (Lipinski definition) is 1. The summed E-state index contributed by atoms with van der Waals surface area (Å²) in [6.45, 7) is 0.878. The van der Waals surface area contributed by atoms with E-state index in [0.717, 1.165) is 17.7 Å². The molecule has 1 N–H and O–H groups in total. The van der Waals surface area contributed by atoms with Crippen LogP contribution in [0.15, 0.2) is 18.3 Å². The van der Waals surface area contributed by atoms with Crippen LogP contribution in [-0.2, 0) is 23.9 Å². The normalized spacial score (nSPS) is 23.0. The summed E-state index contributed by atoms with van der Waals surface area (Å²) in [5.41, 5.74) is 0.294. The number of halogens is 1. The summed E-state index contributed by atoms with van der Waals surface area (Å²) in [5.74, 6) is -2.71. The van der Waals surface area contributed by atoms with Crippen molar-refractivity contribution < 1.29 is 23.9 Å². The molecule has 2 fully saturated rings. The van der Waals surface area contributed by atoms with Crippen LogP contribution in [-0.4, -0.2) is 46.2 Å². The number of anilines is 1. The van der Waals surface area contributed by atoms with Crippen molar-refractivity contribution in [1.29, 1.82) is 0 Å². The monoisotopic (exact) mass is 393 g/mol. The second kappa shape index (κ2) is 8.04. The van der Waals surface area contributed by atoms with Crippen molar-refractivity contribution in [3.63, 3.8) is 0 Å². The first-order chi connectivity index (χ1) is 12.9. The van der Waals surface area contributed by atoms with Crippen LogP contribution in [0.5, 0.6) is 0 Å². The number of carbonyl (C=O) groups is 4. The molecule has 1 saturated carbocycles. The molecule has 3 rings (SSSR count). The number of pyridine rings is 1. The number of imide groups is 1. The Labute approximate surface area is 161 Å². The summed E-state index contributed by atoms with van der Waals surface area (Å²) >= 11 is 5.84. The van der Waals surface area contributed by atoms with Crippen LogP contribution >= 0.6 is 11.6 Å². The van der Waals surface area contributed by atoms with Crippen LogP contribution in [0.2, 0.25) is 5.15 Å². The van der Waals surface area contributed by atoms with E-state index in [0.29, 0.717) is 18.5 Å². The Morgan fingerprint density at radius 2 is 1.93 bits per heavy atom. The van der Waals surface area contributed by atoms with Crippen LogP contribution in [0, 0.1) is 11.8 Å². The third kappa shape index (κ3) is 3.95. The van der Waals surface area contributed by atoms with Crippen molar-refractivity contribution in [2.45, 2.75) is 38.6 Å². The van der Waals surface area contributed by atoms with Gasteiger partial charge in [0.1, 0.15) is 6.04 Å². The van der Waals surface area contributed by atoms with Crippen LogP contribution in [0.4, 0.5) is 5.69 Å². The van der Waals surface area contributed by atoms with Crippen molar-refractivity contribution in [2.75, 3.05) is 11.9 Å². The summed E-state index contributed by atoms with van der Waals surface area (Å²) in [4.78, 5) is 54.0. The van der Waals surface area contributed by atoms with Crippen LogP contribution in [0.3, 0.4) is 0 Å². The highest BCUT2D eigenvalue weighted by atomic mass is 35.5. The maximum atomic E-state index is 12.5. The molecule has 0 radical (unpaired) electrons.